The Hall–Kier alpha value is -2.91. The average Bonchev–Trinajstić information content (AvgIpc) is 3.14. The Labute approximate surface area is 166 Å². The molecule has 140 valence electrons. The van der Waals surface area contributed by atoms with Crippen molar-refractivity contribution in [2.45, 2.75) is 18.8 Å². The van der Waals surface area contributed by atoms with Gasteiger partial charge in [-0.25, -0.2) is 4.98 Å². The van der Waals surface area contributed by atoms with Crippen LogP contribution in [0.25, 0.3) is 28.1 Å². The summed E-state index contributed by atoms with van der Waals surface area (Å²) in [6.07, 6.45) is 2.50. The number of likely N-dealkylation sites (tertiary alicyclic amines) is 1. The lowest BCUT2D eigenvalue weighted by Crippen LogP contribution is -2.31. The first-order valence-electron chi connectivity index (χ1n) is 10.1. The van der Waals surface area contributed by atoms with Crippen LogP contribution in [-0.2, 0) is 0 Å². The molecule has 0 bridgehead atoms. The highest BCUT2D eigenvalue weighted by Crippen LogP contribution is 2.35. The molecule has 0 N–H and O–H groups in total. The second kappa shape index (κ2) is 7.25. The number of imidazole rings is 1. The lowest BCUT2D eigenvalue weighted by molar-refractivity contribution is 0.250. The summed E-state index contributed by atoms with van der Waals surface area (Å²) >= 11 is 0. The van der Waals surface area contributed by atoms with Gasteiger partial charge < -0.3 is 4.90 Å². The molecular weight excluding hydrogens is 342 g/mol. The molecule has 0 amide bonds. The van der Waals surface area contributed by atoms with Crippen LogP contribution in [0.15, 0.2) is 78.9 Å². The Morgan fingerprint density at radius 2 is 1.61 bits per heavy atom. The summed E-state index contributed by atoms with van der Waals surface area (Å²) in [7, 11) is 2.23. The van der Waals surface area contributed by atoms with Gasteiger partial charge in [-0.05, 0) is 56.1 Å². The zero-order valence-electron chi connectivity index (χ0n) is 16.3. The van der Waals surface area contributed by atoms with E-state index in [9.17, 15) is 0 Å². The molecule has 0 aliphatic carbocycles. The maximum absolute atomic E-state index is 5.01. The predicted octanol–water partition coefficient (Wildman–Crippen LogP) is 5.50. The largest absolute Gasteiger partial charge is 0.306 e. The molecule has 0 spiro atoms. The highest BCUT2D eigenvalue weighted by atomic mass is 15.1. The number of nitrogens with zero attached hydrogens (tertiary/aromatic N) is 3. The quantitative estimate of drug-likeness (QED) is 0.477. The third kappa shape index (κ3) is 3.02. The summed E-state index contributed by atoms with van der Waals surface area (Å²) in [5.41, 5.74) is 6.04. The normalized spacial score (nSPS) is 17.8. The van der Waals surface area contributed by atoms with E-state index in [0.29, 0.717) is 5.92 Å². The first kappa shape index (κ1) is 17.2. The van der Waals surface area contributed by atoms with Crippen molar-refractivity contribution in [1.29, 1.82) is 0 Å². The molecule has 3 nitrogen and oxygen atoms in total. The second-order valence-corrected chi connectivity index (χ2v) is 7.79. The van der Waals surface area contributed by atoms with Crippen LogP contribution in [0.4, 0.5) is 0 Å². The molecule has 1 aliphatic rings. The Bertz CT molecular complexity index is 1100. The number of piperidine rings is 1. The molecular formula is C25H25N3. The summed E-state index contributed by atoms with van der Waals surface area (Å²) in [4.78, 5) is 7.47. The van der Waals surface area contributed by atoms with Crippen molar-refractivity contribution in [1.82, 2.24) is 14.5 Å². The van der Waals surface area contributed by atoms with Crippen molar-refractivity contribution in [3.05, 3.63) is 84.4 Å². The molecule has 4 aromatic rings. The number of fused-ring (bicyclic) bond motifs is 1. The number of benzene rings is 3. The fraction of sp³-hybridized carbons (Fsp3) is 0.240. The molecule has 1 saturated heterocycles. The van der Waals surface area contributed by atoms with Crippen LogP contribution in [0.3, 0.4) is 0 Å². The molecule has 28 heavy (non-hydrogen) atoms. The third-order valence-electron chi connectivity index (χ3n) is 5.83. The molecule has 5 rings (SSSR count). The third-order valence-corrected chi connectivity index (χ3v) is 5.83. The van der Waals surface area contributed by atoms with Gasteiger partial charge in [0.15, 0.2) is 0 Å². The molecule has 0 radical (unpaired) electrons. The van der Waals surface area contributed by atoms with Crippen molar-refractivity contribution in [2.24, 2.45) is 0 Å². The van der Waals surface area contributed by atoms with Gasteiger partial charge in [0.2, 0.25) is 0 Å². The van der Waals surface area contributed by atoms with E-state index in [1.807, 2.05) is 0 Å². The fourth-order valence-corrected chi connectivity index (χ4v) is 4.51. The Morgan fingerprint density at radius 3 is 2.46 bits per heavy atom. The molecule has 1 aromatic heterocycles. The van der Waals surface area contributed by atoms with E-state index >= 15 is 0 Å². The summed E-state index contributed by atoms with van der Waals surface area (Å²) in [6, 6.07) is 27.9. The van der Waals surface area contributed by atoms with Crippen LogP contribution in [0, 0.1) is 0 Å². The van der Waals surface area contributed by atoms with Crippen LogP contribution in [0.1, 0.15) is 24.3 Å². The molecule has 2 heterocycles. The summed E-state index contributed by atoms with van der Waals surface area (Å²) in [6.45, 7) is 2.31. The maximum Gasteiger partial charge on any atom is 0.145 e. The average molecular weight is 367 g/mol. The monoisotopic (exact) mass is 367 g/mol. The standard InChI is InChI=1S/C25H25N3/c1-27-17-9-12-20(18-27)21-13-5-7-15-23(21)28-24-16-8-6-14-22(24)26-25(28)19-10-3-2-4-11-19/h2-8,10-11,13-16,20H,9,12,17-18H2,1H3/t20-/m1/s1. The number of likely N-dealkylation sites (N-methyl/N-ethyl adjacent to an activating group) is 1. The first-order chi connectivity index (χ1) is 13.8. The van der Waals surface area contributed by atoms with Gasteiger partial charge in [-0.3, -0.25) is 4.57 Å². The molecule has 3 heteroatoms. The lowest BCUT2D eigenvalue weighted by atomic mass is 9.89. The number of para-hydroxylation sites is 3. The van der Waals surface area contributed by atoms with Gasteiger partial charge in [-0.15, -0.1) is 0 Å². The van der Waals surface area contributed by atoms with E-state index in [1.54, 1.807) is 0 Å². The van der Waals surface area contributed by atoms with E-state index in [2.05, 4.69) is 95.4 Å². The van der Waals surface area contributed by atoms with E-state index < -0.39 is 0 Å². The molecule has 0 unspecified atom stereocenters. The Kier molecular flexibility index (Phi) is 4.46. The Morgan fingerprint density at radius 1 is 0.857 bits per heavy atom. The molecule has 1 aliphatic heterocycles. The zero-order valence-corrected chi connectivity index (χ0v) is 16.3. The smallest absolute Gasteiger partial charge is 0.145 e. The number of rotatable bonds is 3. The van der Waals surface area contributed by atoms with Crippen molar-refractivity contribution in [3.63, 3.8) is 0 Å². The summed E-state index contributed by atoms with van der Waals surface area (Å²) < 4.78 is 2.36. The van der Waals surface area contributed by atoms with E-state index in [1.165, 1.54) is 30.6 Å². The summed E-state index contributed by atoms with van der Waals surface area (Å²) in [5, 5.41) is 0. The first-order valence-corrected chi connectivity index (χ1v) is 10.1. The van der Waals surface area contributed by atoms with Crippen molar-refractivity contribution in [3.8, 4) is 17.1 Å². The van der Waals surface area contributed by atoms with Crippen molar-refractivity contribution < 1.29 is 0 Å². The van der Waals surface area contributed by atoms with Crippen LogP contribution in [-0.4, -0.2) is 34.6 Å². The topological polar surface area (TPSA) is 21.1 Å². The van der Waals surface area contributed by atoms with Crippen LogP contribution >= 0.6 is 0 Å². The number of hydrogen-bond acceptors (Lipinski definition) is 2. The number of hydrogen-bond donors (Lipinski definition) is 0. The fourth-order valence-electron chi connectivity index (χ4n) is 4.51. The SMILES string of the molecule is CN1CCC[C@@H](c2ccccc2-n2c(-c3ccccc3)nc3ccccc32)C1. The Balaban J connectivity index is 1.74. The minimum atomic E-state index is 0.555. The lowest BCUT2D eigenvalue weighted by Gasteiger charge is -2.31. The maximum atomic E-state index is 5.01. The molecule has 1 fully saturated rings. The molecule has 0 saturated carbocycles. The van der Waals surface area contributed by atoms with E-state index in [-0.39, 0.29) is 0 Å². The van der Waals surface area contributed by atoms with Gasteiger partial charge in [0.25, 0.3) is 0 Å². The van der Waals surface area contributed by atoms with E-state index in [0.717, 1.165) is 29.0 Å². The van der Waals surface area contributed by atoms with Gasteiger partial charge in [0.05, 0.1) is 16.7 Å². The van der Waals surface area contributed by atoms with Crippen LogP contribution in [0.5, 0.6) is 0 Å². The van der Waals surface area contributed by atoms with Gasteiger partial charge in [0.1, 0.15) is 5.82 Å². The van der Waals surface area contributed by atoms with Gasteiger partial charge in [-0.1, -0.05) is 60.7 Å². The highest BCUT2D eigenvalue weighted by molar-refractivity contribution is 5.83. The second-order valence-electron chi connectivity index (χ2n) is 7.79. The van der Waals surface area contributed by atoms with Crippen LogP contribution in [0.2, 0.25) is 0 Å². The van der Waals surface area contributed by atoms with Gasteiger partial charge >= 0.3 is 0 Å². The van der Waals surface area contributed by atoms with Crippen molar-refractivity contribution >= 4 is 11.0 Å². The van der Waals surface area contributed by atoms with Crippen LogP contribution < -0.4 is 0 Å². The molecule has 1 atom stereocenters. The molecule has 3 aromatic carbocycles. The summed E-state index contributed by atoms with van der Waals surface area (Å²) in [5.74, 6) is 1.57. The predicted molar refractivity (Wildman–Crippen MR) is 116 cm³/mol. The zero-order chi connectivity index (χ0) is 18.9. The van der Waals surface area contributed by atoms with Gasteiger partial charge in [-0.2, -0.15) is 0 Å². The minimum absolute atomic E-state index is 0.555. The highest BCUT2D eigenvalue weighted by Gasteiger charge is 2.23. The van der Waals surface area contributed by atoms with Crippen molar-refractivity contribution in [2.75, 3.05) is 20.1 Å². The van der Waals surface area contributed by atoms with E-state index in [4.69, 9.17) is 4.98 Å². The number of aromatic nitrogens is 2. The minimum Gasteiger partial charge on any atom is -0.306 e. The van der Waals surface area contributed by atoms with Gasteiger partial charge in [0, 0.05) is 12.1 Å².